The van der Waals surface area contributed by atoms with Gasteiger partial charge in [-0.05, 0) is 54.9 Å². The third-order valence-electron chi connectivity index (χ3n) is 2.41. The Hall–Kier alpha value is -1.07. The normalized spacial score (nSPS) is 11.1. The molecular weight excluding hydrogens is 344 g/mol. The van der Waals surface area contributed by atoms with Crippen LogP contribution in [-0.2, 0) is 4.79 Å². The lowest BCUT2D eigenvalue weighted by atomic mass is 10.1. The summed E-state index contributed by atoms with van der Waals surface area (Å²) >= 11 is 9.23. The predicted molar refractivity (Wildman–Crippen MR) is 84.0 cm³/mol. The second-order valence-corrected chi connectivity index (χ2v) is 6.85. The number of hydrogen-bond donors (Lipinski definition) is 1. The number of nitrogens with zero attached hydrogens (tertiary/aromatic N) is 1. The van der Waals surface area contributed by atoms with E-state index in [1.54, 1.807) is 25.2 Å². The fourth-order valence-corrected chi connectivity index (χ4v) is 2.02. The van der Waals surface area contributed by atoms with Gasteiger partial charge in [0.05, 0.1) is 11.6 Å². The highest BCUT2D eigenvalue weighted by molar-refractivity contribution is 9.10. The highest BCUT2D eigenvalue weighted by Crippen LogP contribution is 2.23. The Morgan fingerprint density at radius 1 is 1.35 bits per heavy atom. The number of likely N-dealkylation sites (N-methyl/N-ethyl adjacent to an activating group) is 1. The van der Waals surface area contributed by atoms with Crippen molar-refractivity contribution in [2.75, 3.05) is 13.6 Å². The molecule has 0 aromatic heterocycles. The highest BCUT2D eigenvalue weighted by atomic mass is 79.9. The van der Waals surface area contributed by atoms with Gasteiger partial charge in [0.15, 0.2) is 0 Å². The zero-order chi connectivity index (χ0) is 15.5. The lowest BCUT2D eigenvalue weighted by Gasteiger charge is -2.23. The summed E-state index contributed by atoms with van der Waals surface area (Å²) in [7, 11) is 1.58. The van der Waals surface area contributed by atoms with Crippen LogP contribution in [0.3, 0.4) is 0 Å². The van der Waals surface area contributed by atoms with E-state index in [2.05, 4.69) is 21.2 Å². The van der Waals surface area contributed by atoms with E-state index in [0.717, 1.165) is 4.47 Å². The van der Waals surface area contributed by atoms with Crippen molar-refractivity contribution in [2.45, 2.75) is 26.3 Å². The first-order chi connectivity index (χ1) is 9.10. The molecule has 20 heavy (non-hydrogen) atoms. The summed E-state index contributed by atoms with van der Waals surface area (Å²) in [4.78, 5) is 25.3. The van der Waals surface area contributed by atoms with E-state index in [9.17, 15) is 9.59 Å². The first kappa shape index (κ1) is 17.0. The van der Waals surface area contributed by atoms with Gasteiger partial charge in [0.1, 0.15) is 0 Å². The summed E-state index contributed by atoms with van der Waals surface area (Å²) in [5.74, 6) is -0.444. The van der Waals surface area contributed by atoms with Gasteiger partial charge in [-0.3, -0.25) is 9.59 Å². The Morgan fingerprint density at radius 3 is 2.45 bits per heavy atom. The minimum absolute atomic E-state index is 0.00376. The molecule has 0 radical (unpaired) electrons. The molecule has 0 unspecified atom stereocenters. The molecule has 0 bridgehead atoms. The van der Waals surface area contributed by atoms with Crippen LogP contribution in [0.4, 0.5) is 0 Å². The first-order valence-electron chi connectivity index (χ1n) is 6.11. The number of carbonyl (C=O) groups excluding carboxylic acids is 2. The molecule has 0 aliphatic heterocycles. The van der Waals surface area contributed by atoms with Gasteiger partial charge in [0, 0.05) is 22.6 Å². The van der Waals surface area contributed by atoms with Gasteiger partial charge in [0.2, 0.25) is 5.91 Å². The van der Waals surface area contributed by atoms with E-state index >= 15 is 0 Å². The number of rotatable bonds is 3. The average molecular weight is 362 g/mol. The molecule has 0 spiro atoms. The molecule has 1 rings (SSSR count). The SMILES string of the molecule is CN(CC(=O)NC(C)(C)C)C(=O)c1ccc(Br)c(Cl)c1. The van der Waals surface area contributed by atoms with Crippen molar-refractivity contribution in [3.05, 3.63) is 33.3 Å². The summed E-state index contributed by atoms with van der Waals surface area (Å²) in [6.45, 7) is 5.67. The van der Waals surface area contributed by atoms with E-state index < -0.39 is 0 Å². The van der Waals surface area contributed by atoms with Crippen molar-refractivity contribution in [3.63, 3.8) is 0 Å². The number of benzene rings is 1. The number of halogens is 2. The van der Waals surface area contributed by atoms with Crippen LogP contribution >= 0.6 is 27.5 Å². The average Bonchev–Trinajstić information content (AvgIpc) is 2.29. The fourth-order valence-electron chi connectivity index (χ4n) is 1.59. The van der Waals surface area contributed by atoms with Crippen LogP contribution in [0.1, 0.15) is 31.1 Å². The van der Waals surface area contributed by atoms with Gasteiger partial charge in [-0.15, -0.1) is 0 Å². The number of amides is 2. The summed E-state index contributed by atoms with van der Waals surface area (Å²) in [5.41, 5.74) is 0.131. The van der Waals surface area contributed by atoms with Gasteiger partial charge in [-0.1, -0.05) is 11.6 Å². The minimum atomic E-state index is -0.318. The maximum atomic E-state index is 12.2. The molecule has 0 fully saturated rings. The van der Waals surface area contributed by atoms with Crippen molar-refractivity contribution < 1.29 is 9.59 Å². The monoisotopic (exact) mass is 360 g/mol. The highest BCUT2D eigenvalue weighted by Gasteiger charge is 2.19. The second kappa shape index (κ2) is 6.59. The third kappa shape index (κ3) is 5.13. The predicted octanol–water partition coefficient (Wildman–Crippen LogP) is 3.09. The van der Waals surface area contributed by atoms with Crippen LogP contribution in [0.2, 0.25) is 5.02 Å². The van der Waals surface area contributed by atoms with Crippen molar-refractivity contribution in [1.82, 2.24) is 10.2 Å². The quantitative estimate of drug-likeness (QED) is 0.899. The summed E-state index contributed by atoms with van der Waals surface area (Å²) in [6.07, 6.45) is 0. The van der Waals surface area contributed by atoms with Gasteiger partial charge < -0.3 is 10.2 Å². The molecule has 1 aromatic rings. The van der Waals surface area contributed by atoms with Crippen LogP contribution in [-0.4, -0.2) is 35.8 Å². The standard InChI is InChI=1S/C14H18BrClN2O2/c1-14(2,3)17-12(19)8-18(4)13(20)9-5-6-10(15)11(16)7-9/h5-7H,8H2,1-4H3,(H,17,19). The van der Waals surface area contributed by atoms with Crippen molar-refractivity contribution in [2.24, 2.45) is 0 Å². The molecular formula is C14H18BrClN2O2. The molecule has 110 valence electrons. The Labute approximate surface area is 132 Å². The smallest absolute Gasteiger partial charge is 0.254 e. The van der Waals surface area contributed by atoms with Gasteiger partial charge >= 0.3 is 0 Å². The lowest BCUT2D eigenvalue weighted by Crippen LogP contribution is -2.46. The molecule has 0 saturated carbocycles. The molecule has 2 amide bonds. The van der Waals surface area contributed by atoms with Gasteiger partial charge in [-0.2, -0.15) is 0 Å². The Morgan fingerprint density at radius 2 is 1.95 bits per heavy atom. The van der Waals surface area contributed by atoms with E-state index in [1.165, 1.54) is 4.90 Å². The summed E-state index contributed by atoms with van der Waals surface area (Å²) < 4.78 is 0.726. The van der Waals surface area contributed by atoms with Crippen LogP contribution in [0.15, 0.2) is 22.7 Å². The molecule has 1 N–H and O–H groups in total. The van der Waals surface area contributed by atoms with Crippen LogP contribution in [0.25, 0.3) is 0 Å². The van der Waals surface area contributed by atoms with Crippen molar-refractivity contribution in [1.29, 1.82) is 0 Å². The third-order valence-corrected chi connectivity index (χ3v) is 3.64. The molecule has 0 aliphatic rings. The molecule has 0 aliphatic carbocycles. The zero-order valence-electron chi connectivity index (χ0n) is 12.0. The number of carbonyl (C=O) groups is 2. The topological polar surface area (TPSA) is 49.4 Å². The first-order valence-corrected chi connectivity index (χ1v) is 7.29. The van der Waals surface area contributed by atoms with E-state index in [0.29, 0.717) is 10.6 Å². The molecule has 1 aromatic carbocycles. The maximum absolute atomic E-state index is 12.2. The molecule has 6 heteroatoms. The van der Waals surface area contributed by atoms with Crippen LogP contribution in [0.5, 0.6) is 0 Å². The van der Waals surface area contributed by atoms with Gasteiger partial charge in [-0.25, -0.2) is 0 Å². The Balaban J connectivity index is 2.72. The van der Waals surface area contributed by atoms with E-state index in [4.69, 9.17) is 11.6 Å². The van der Waals surface area contributed by atoms with Crippen LogP contribution < -0.4 is 5.32 Å². The minimum Gasteiger partial charge on any atom is -0.350 e. The van der Waals surface area contributed by atoms with E-state index in [1.807, 2.05) is 20.8 Å². The van der Waals surface area contributed by atoms with Crippen molar-refractivity contribution >= 4 is 39.3 Å². The second-order valence-electron chi connectivity index (χ2n) is 5.59. The van der Waals surface area contributed by atoms with E-state index in [-0.39, 0.29) is 23.9 Å². The Kier molecular flexibility index (Phi) is 5.59. The zero-order valence-corrected chi connectivity index (χ0v) is 14.3. The molecule has 0 atom stereocenters. The van der Waals surface area contributed by atoms with Gasteiger partial charge in [0.25, 0.3) is 5.91 Å². The van der Waals surface area contributed by atoms with Crippen molar-refractivity contribution in [3.8, 4) is 0 Å². The lowest BCUT2D eigenvalue weighted by molar-refractivity contribution is -0.122. The fraction of sp³-hybridized carbons (Fsp3) is 0.429. The molecule has 4 nitrogen and oxygen atoms in total. The maximum Gasteiger partial charge on any atom is 0.254 e. The number of nitrogens with one attached hydrogen (secondary N) is 1. The van der Waals surface area contributed by atoms with Crippen LogP contribution in [0, 0.1) is 0 Å². The Bertz CT molecular complexity index is 526. The summed E-state index contributed by atoms with van der Waals surface area (Å²) in [5, 5.41) is 3.27. The number of hydrogen-bond acceptors (Lipinski definition) is 2. The molecule has 0 saturated heterocycles. The largest absolute Gasteiger partial charge is 0.350 e. The molecule has 0 heterocycles. The summed E-state index contributed by atoms with van der Waals surface area (Å²) in [6, 6.07) is 4.95.